The van der Waals surface area contributed by atoms with Crippen molar-refractivity contribution in [2.24, 2.45) is 11.8 Å². The summed E-state index contributed by atoms with van der Waals surface area (Å²) in [7, 11) is 1.83. The molecule has 0 aromatic heterocycles. The zero-order chi connectivity index (χ0) is 24.5. The molecule has 194 valence electrons. The Kier molecular flexibility index (Phi) is 7.50. The van der Waals surface area contributed by atoms with Crippen LogP contribution in [0.2, 0.25) is 0 Å². The Morgan fingerprint density at radius 2 is 1.91 bits per heavy atom. The third-order valence-electron chi connectivity index (χ3n) is 9.52. The second-order valence-electron chi connectivity index (χ2n) is 11.6. The van der Waals surface area contributed by atoms with Crippen LogP contribution >= 0.6 is 0 Å². The van der Waals surface area contributed by atoms with Crippen LogP contribution in [0.3, 0.4) is 0 Å². The molecule has 3 atom stereocenters. The highest BCUT2D eigenvalue weighted by molar-refractivity contribution is 5.73. The first-order chi connectivity index (χ1) is 16.9. The Bertz CT molecular complexity index is 876. The van der Waals surface area contributed by atoms with Crippen LogP contribution in [0.25, 0.3) is 0 Å². The van der Waals surface area contributed by atoms with Crippen LogP contribution in [0.15, 0.2) is 24.3 Å². The van der Waals surface area contributed by atoms with E-state index in [0.717, 1.165) is 90.0 Å². The van der Waals surface area contributed by atoms with Gasteiger partial charge in [0.25, 0.3) is 0 Å². The van der Waals surface area contributed by atoms with Crippen molar-refractivity contribution >= 4 is 5.91 Å². The van der Waals surface area contributed by atoms with Crippen LogP contribution in [-0.4, -0.2) is 86.8 Å². The quantitative estimate of drug-likeness (QED) is 0.562. The summed E-state index contributed by atoms with van der Waals surface area (Å²) in [5.41, 5.74) is 0.933. The third kappa shape index (κ3) is 5.02. The van der Waals surface area contributed by atoms with E-state index in [4.69, 9.17) is 4.74 Å². The van der Waals surface area contributed by atoms with Gasteiger partial charge in [0, 0.05) is 51.7 Å². The summed E-state index contributed by atoms with van der Waals surface area (Å²) in [6.07, 6.45) is 6.67. The lowest BCUT2D eigenvalue weighted by Gasteiger charge is -2.54. The van der Waals surface area contributed by atoms with Gasteiger partial charge < -0.3 is 25.2 Å². The van der Waals surface area contributed by atoms with E-state index in [1.54, 1.807) is 19.1 Å². The minimum absolute atomic E-state index is 0.0489. The van der Waals surface area contributed by atoms with Gasteiger partial charge in [-0.15, -0.1) is 0 Å². The van der Waals surface area contributed by atoms with Crippen molar-refractivity contribution in [1.82, 2.24) is 20.4 Å². The minimum atomic E-state index is -0.158. The molecule has 0 bridgehead atoms. The van der Waals surface area contributed by atoms with Crippen LogP contribution < -0.4 is 10.6 Å². The van der Waals surface area contributed by atoms with E-state index in [9.17, 15) is 9.18 Å². The van der Waals surface area contributed by atoms with E-state index in [1.165, 1.54) is 6.42 Å². The van der Waals surface area contributed by atoms with E-state index in [0.29, 0.717) is 11.8 Å². The Morgan fingerprint density at radius 3 is 2.49 bits per heavy atom. The van der Waals surface area contributed by atoms with E-state index in [2.05, 4.69) is 26.5 Å². The minimum Gasteiger partial charge on any atom is -0.374 e. The first-order valence-electron chi connectivity index (χ1n) is 13.7. The van der Waals surface area contributed by atoms with Crippen LogP contribution in [0, 0.1) is 17.7 Å². The molecular weight excluding hydrogens is 443 g/mol. The van der Waals surface area contributed by atoms with Crippen molar-refractivity contribution in [3.05, 3.63) is 35.6 Å². The maximum Gasteiger partial charge on any atom is 0.217 e. The van der Waals surface area contributed by atoms with Crippen molar-refractivity contribution in [2.75, 3.05) is 59.5 Å². The number of nitrogens with zero attached hydrogens (tertiary/aromatic N) is 2. The maximum atomic E-state index is 14.7. The highest BCUT2D eigenvalue weighted by atomic mass is 19.1. The molecule has 3 heterocycles. The lowest BCUT2D eigenvalue weighted by Crippen LogP contribution is -2.66. The zero-order valence-electron chi connectivity index (χ0n) is 21.5. The summed E-state index contributed by atoms with van der Waals surface area (Å²) in [5, 5.41) is 6.67. The fraction of sp³-hybridized carbons (Fsp3) is 0.750. The predicted octanol–water partition coefficient (Wildman–Crippen LogP) is 2.77. The van der Waals surface area contributed by atoms with Gasteiger partial charge in [-0.25, -0.2) is 4.39 Å². The first-order valence-corrected chi connectivity index (χ1v) is 13.7. The van der Waals surface area contributed by atoms with Gasteiger partial charge >= 0.3 is 0 Å². The highest BCUT2D eigenvalue weighted by Gasteiger charge is 2.53. The first kappa shape index (κ1) is 25.1. The number of hydrogen-bond acceptors (Lipinski definition) is 5. The van der Waals surface area contributed by atoms with Gasteiger partial charge in [-0.3, -0.25) is 4.79 Å². The fourth-order valence-corrected chi connectivity index (χ4v) is 7.53. The summed E-state index contributed by atoms with van der Waals surface area (Å²) in [6.45, 7) is 9.75. The second-order valence-corrected chi connectivity index (χ2v) is 11.6. The van der Waals surface area contributed by atoms with Crippen LogP contribution in [0.1, 0.15) is 51.0 Å². The van der Waals surface area contributed by atoms with Gasteiger partial charge in [-0.1, -0.05) is 18.6 Å². The summed E-state index contributed by atoms with van der Waals surface area (Å²) < 4.78 is 20.6. The molecule has 1 saturated carbocycles. The van der Waals surface area contributed by atoms with Gasteiger partial charge in [-0.05, 0) is 87.8 Å². The predicted molar refractivity (Wildman–Crippen MR) is 136 cm³/mol. The largest absolute Gasteiger partial charge is 0.374 e. The Morgan fingerprint density at radius 1 is 1.14 bits per heavy atom. The summed E-state index contributed by atoms with van der Waals surface area (Å²) in [6, 6.07) is 7.58. The number of carbonyl (C=O) groups is 1. The molecule has 0 spiro atoms. The molecule has 4 aliphatic rings. The smallest absolute Gasteiger partial charge is 0.217 e. The zero-order valence-corrected chi connectivity index (χ0v) is 21.5. The lowest BCUT2D eigenvalue weighted by atomic mass is 9.57. The summed E-state index contributed by atoms with van der Waals surface area (Å²) in [4.78, 5) is 17.3. The molecule has 3 saturated heterocycles. The molecule has 4 fully saturated rings. The van der Waals surface area contributed by atoms with E-state index >= 15 is 0 Å². The molecule has 1 aromatic carbocycles. The number of benzene rings is 1. The average molecular weight is 487 g/mol. The molecule has 5 rings (SSSR count). The fourth-order valence-electron chi connectivity index (χ4n) is 7.53. The monoisotopic (exact) mass is 486 g/mol. The molecular formula is C28H43FN4O2. The van der Waals surface area contributed by atoms with Gasteiger partial charge in [0.2, 0.25) is 5.91 Å². The van der Waals surface area contributed by atoms with Crippen molar-refractivity contribution in [2.45, 2.75) is 62.5 Å². The highest BCUT2D eigenvalue weighted by Crippen LogP contribution is 2.51. The molecule has 2 N–H and O–H groups in total. The number of piperidine rings is 1. The molecule has 7 heteroatoms. The van der Waals surface area contributed by atoms with Crippen molar-refractivity contribution in [3.63, 3.8) is 0 Å². The number of methoxy groups -OCH3 is 1. The summed E-state index contributed by atoms with van der Waals surface area (Å²) >= 11 is 0. The number of hydrogen-bond donors (Lipinski definition) is 2. The number of nitrogens with one attached hydrogen (secondary N) is 2. The number of carbonyl (C=O) groups excluding carboxylic acids is 1. The van der Waals surface area contributed by atoms with E-state index in [-0.39, 0.29) is 28.8 Å². The normalized spacial score (nSPS) is 29.2. The second kappa shape index (κ2) is 10.4. The number of likely N-dealkylation sites (tertiary alicyclic amines) is 2. The van der Waals surface area contributed by atoms with Crippen LogP contribution in [0.5, 0.6) is 0 Å². The van der Waals surface area contributed by atoms with Crippen LogP contribution in [-0.2, 0) is 14.9 Å². The molecule has 6 nitrogen and oxygen atoms in total. The Balaban J connectivity index is 1.46. The topological polar surface area (TPSA) is 56.8 Å². The van der Waals surface area contributed by atoms with E-state index in [1.807, 2.05) is 13.2 Å². The molecule has 0 radical (unpaired) electrons. The summed E-state index contributed by atoms with van der Waals surface area (Å²) in [5.74, 6) is 0.680. The molecule has 1 aromatic rings. The Hall–Kier alpha value is -1.54. The molecule has 0 unspecified atom stereocenters. The van der Waals surface area contributed by atoms with Gasteiger partial charge in [0.05, 0.1) is 0 Å². The van der Waals surface area contributed by atoms with E-state index < -0.39 is 0 Å². The molecule has 3 aliphatic heterocycles. The van der Waals surface area contributed by atoms with Crippen molar-refractivity contribution in [3.8, 4) is 0 Å². The maximum absolute atomic E-state index is 14.7. The van der Waals surface area contributed by atoms with Gasteiger partial charge in [0.15, 0.2) is 0 Å². The van der Waals surface area contributed by atoms with Crippen LogP contribution in [0.4, 0.5) is 4.39 Å². The number of amides is 1. The SMILES string of the molecule is COC1(CN2CCC([C@@](CN3CCC3)(c3cccc(F)c3)[C@H]3CCC[C@@H]3NC(C)=O)CC2)CNC1. The Labute approximate surface area is 209 Å². The number of rotatable bonds is 9. The standard InChI is InChI=1S/C28H43FN4O2/c1-21(34)31-26-9-4-8-25(26)28(20-32-12-5-13-32,23-6-3-7-24(29)16-23)22-10-14-33(15-11-22)19-27(35-2)17-30-18-27/h3,6-7,16,22,25-26,30H,4-5,8-15,17-20H2,1-2H3,(H,31,34)/t25-,26-,28-/m0/s1. The van der Waals surface area contributed by atoms with Gasteiger partial charge in [0.1, 0.15) is 11.4 Å². The molecule has 1 amide bonds. The number of halogens is 1. The lowest BCUT2D eigenvalue weighted by molar-refractivity contribution is -0.120. The van der Waals surface area contributed by atoms with Crippen molar-refractivity contribution < 1.29 is 13.9 Å². The average Bonchev–Trinajstić information content (AvgIpc) is 3.24. The molecule has 1 aliphatic carbocycles. The third-order valence-corrected chi connectivity index (χ3v) is 9.52. The molecule has 35 heavy (non-hydrogen) atoms. The van der Waals surface area contributed by atoms with Crippen molar-refractivity contribution in [1.29, 1.82) is 0 Å². The number of ether oxygens (including phenoxy) is 1. The van der Waals surface area contributed by atoms with Gasteiger partial charge in [-0.2, -0.15) is 0 Å².